The van der Waals surface area contributed by atoms with Crippen LogP contribution >= 0.6 is 11.8 Å². The number of rotatable bonds is 5. The number of benzene rings is 2. The molecule has 0 saturated carbocycles. The molecule has 6 heteroatoms. The van der Waals surface area contributed by atoms with Gasteiger partial charge in [-0.15, -0.1) is 11.8 Å². The van der Waals surface area contributed by atoms with E-state index in [1.165, 1.54) is 23.9 Å². The van der Waals surface area contributed by atoms with Crippen molar-refractivity contribution >= 4 is 29.0 Å². The Hall–Kier alpha value is -2.34. The number of hydrogen-bond donors (Lipinski definition) is 1. The summed E-state index contributed by atoms with van der Waals surface area (Å²) < 4.78 is 0. The Morgan fingerprint density at radius 2 is 1.86 bits per heavy atom. The van der Waals surface area contributed by atoms with Crippen molar-refractivity contribution in [2.75, 3.05) is 11.1 Å². The van der Waals surface area contributed by atoms with Crippen LogP contribution < -0.4 is 5.32 Å². The first-order valence-corrected chi connectivity index (χ1v) is 7.28. The zero-order valence-electron chi connectivity index (χ0n) is 11.4. The van der Waals surface area contributed by atoms with E-state index in [0.29, 0.717) is 0 Å². The Morgan fingerprint density at radius 1 is 1.19 bits per heavy atom. The molecule has 0 atom stereocenters. The largest absolute Gasteiger partial charge is 0.320 e. The second-order valence-corrected chi connectivity index (χ2v) is 5.39. The quantitative estimate of drug-likeness (QED) is 0.520. The van der Waals surface area contributed by atoms with Crippen LogP contribution in [0.3, 0.4) is 0 Å². The fraction of sp³-hybridized carbons (Fsp3) is 0.133. The first-order valence-electron chi connectivity index (χ1n) is 6.29. The highest BCUT2D eigenvalue weighted by molar-refractivity contribution is 8.00. The van der Waals surface area contributed by atoms with E-state index in [1.807, 2.05) is 31.2 Å². The van der Waals surface area contributed by atoms with Gasteiger partial charge in [0.25, 0.3) is 5.69 Å². The number of thioether (sulfide) groups is 1. The lowest BCUT2D eigenvalue weighted by molar-refractivity contribution is -0.383. The van der Waals surface area contributed by atoms with Crippen LogP contribution in [-0.2, 0) is 4.79 Å². The number of anilines is 1. The summed E-state index contributed by atoms with van der Waals surface area (Å²) >= 11 is 1.41. The van der Waals surface area contributed by atoms with E-state index >= 15 is 0 Å². The molecule has 0 saturated heterocycles. The van der Waals surface area contributed by atoms with Crippen LogP contribution in [0.5, 0.6) is 0 Å². The summed E-state index contributed by atoms with van der Waals surface area (Å²) in [5, 5.41) is 13.5. The predicted octanol–water partition coefficient (Wildman–Crippen LogP) is 3.63. The molecule has 108 valence electrons. The molecule has 1 N–H and O–H groups in total. The molecule has 0 fully saturated rings. The number of nitro benzene ring substituents is 1. The Bertz CT molecular complexity index is 673. The lowest BCUT2D eigenvalue weighted by Gasteiger charge is -2.07. The molecule has 1 amide bonds. The van der Waals surface area contributed by atoms with Gasteiger partial charge in [0.1, 0.15) is 5.69 Å². The Labute approximate surface area is 126 Å². The molecule has 0 aliphatic carbocycles. The van der Waals surface area contributed by atoms with E-state index in [9.17, 15) is 14.9 Å². The van der Waals surface area contributed by atoms with Crippen molar-refractivity contribution in [1.82, 2.24) is 0 Å². The minimum absolute atomic E-state index is 0.105. The minimum Gasteiger partial charge on any atom is -0.320 e. The first kappa shape index (κ1) is 15.1. The maximum atomic E-state index is 11.9. The smallest absolute Gasteiger partial charge is 0.292 e. The lowest BCUT2D eigenvalue weighted by atomic mass is 10.2. The van der Waals surface area contributed by atoms with Crippen LogP contribution in [0.4, 0.5) is 11.4 Å². The van der Waals surface area contributed by atoms with E-state index < -0.39 is 4.92 Å². The van der Waals surface area contributed by atoms with Gasteiger partial charge >= 0.3 is 0 Å². The molecule has 0 unspecified atom stereocenters. The van der Waals surface area contributed by atoms with E-state index in [4.69, 9.17) is 0 Å². The van der Waals surface area contributed by atoms with Gasteiger partial charge in [0, 0.05) is 11.0 Å². The van der Waals surface area contributed by atoms with Crippen molar-refractivity contribution in [3.8, 4) is 0 Å². The molecule has 2 rings (SSSR count). The standard InChI is InChI=1S/C15H14N2O3S/c1-11-6-2-5-9-14(11)21-10-15(18)16-12-7-3-4-8-13(12)17(19)20/h2-9H,10H2,1H3,(H,16,18). The molecule has 5 nitrogen and oxygen atoms in total. The summed E-state index contributed by atoms with van der Waals surface area (Å²) in [6.45, 7) is 1.97. The van der Waals surface area contributed by atoms with E-state index in [1.54, 1.807) is 12.1 Å². The summed E-state index contributed by atoms with van der Waals surface area (Å²) in [6.07, 6.45) is 0. The van der Waals surface area contributed by atoms with Crippen molar-refractivity contribution in [3.05, 3.63) is 64.2 Å². The first-order chi connectivity index (χ1) is 10.1. The third-order valence-electron chi connectivity index (χ3n) is 2.83. The van der Waals surface area contributed by atoms with Gasteiger partial charge in [-0.3, -0.25) is 14.9 Å². The second kappa shape index (κ2) is 6.90. The molecular formula is C15H14N2O3S. The summed E-state index contributed by atoms with van der Waals surface area (Å²) in [4.78, 5) is 23.3. The van der Waals surface area contributed by atoms with Crippen LogP contribution in [-0.4, -0.2) is 16.6 Å². The van der Waals surface area contributed by atoms with Crippen LogP contribution in [0, 0.1) is 17.0 Å². The number of aryl methyl sites for hydroxylation is 1. The lowest BCUT2D eigenvalue weighted by Crippen LogP contribution is -2.15. The van der Waals surface area contributed by atoms with Gasteiger partial charge in [-0.1, -0.05) is 30.3 Å². The summed E-state index contributed by atoms with van der Waals surface area (Å²) in [7, 11) is 0. The molecule has 21 heavy (non-hydrogen) atoms. The van der Waals surface area contributed by atoms with Crippen molar-refractivity contribution < 1.29 is 9.72 Å². The third kappa shape index (κ3) is 4.06. The summed E-state index contributed by atoms with van der Waals surface area (Å²) in [5.41, 5.74) is 1.21. The summed E-state index contributed by atoms with van der Waals surface area (Å²) in [6, 6.07) is 13.9. The monoisotopic (exact) mass is 302 g/mol. The Morgan fingerprint density at radius 3 is 2.57 bits per heavy atom. The van der Waals surface area contributed by atoms with E-state index in [-0.39, 0.29) is 23.0 Å². The van der Waals surface area contributed by atoms with Gasteiger partial charge in [-0.05, 0) is 24.6 Å². The van der Waals surface area contributed by atoms with E-state index in [2.05, 4.69) is 5.32 Å². The predicted molar refractivity (Wildman–Crippen MR) is 83.6 cm³/mol. The highest BCUT2D eigenvalue weighted by Crippen LogP contribution is 2.25. The molecule has 0 aromatic heterocycles. The van der Waals surface area contributed by atoms with Crippen LogP contribution in [0.2, 0.25) is 0 Å². The Kier molecular flexibility index (Phi) is 4.94. The van der Waals surface area contributed by atoms with Crippen LogP contribution in [0.25, 0.3) is 0 Å². The molecule has 0 bridgehead atoms. The van der Waals surface area contributed by atoms with Crippen molar-refractivity contribution in [2.24, 2.45) is 0 Å². The zero-order chi connectivity index (χ0) is 15.2. The van der Waals surface area contributed by atoms with Gasteiger partial charge in [-0.2, -0.15) is 0 Å². The van der Waals surface area contributed by atoms with Crippen molar-refractivity contribution in [3.63, 3.8) is 0 Å². The van der Waals surface area contributed by atoms with Gasteiger partial charge in [-0.25, -0.2) is 0 Å². The van der Waals surface area contributed by atoms with E-state index in [0.717, 1.165) is 10.5 Å². The molecule has 2 aromatic carbocycles. The highest BCUT2D eigenvalue weighted by Gasteiger charge is 2.14. The maximum Gasteiger partial charge on any atom is 0.292 e. The number of nitrogens with zero attached hydrogens (tertiary/aromatic N) is 1. The van der Waals surface area contributed by atoms with Gasteiger partial charge in [0.15, 0.2) is 0 Å². The molecule has 0 aliphatic rings. The molecule has 0 aliphatic heterocycles. The number of para-hydroxylation sites is 2. The van der Waals surface area contributed by atoms with Crippen molar-refractivity contribution in [2.45, 2.75) is 11.8 Å². The van der Waals surface area contributed by atoms with Gasteiger partial charge < -0.3 is 5.32 Å². The minimum atomic E-state index is -0.510. The molecule has 2 aromatic rings. The number of hydrogen-bond acceptors (Lipinski definition) is 4. The average molecular weight is 302 g/mol. The normalized spacial score (nSPS) is 10.1. The SMILES string of the molecule is Cc1ccccc1SCC(=O)Nc1ccccc1[N+](=O)[O-]. The number of nitrogens with one attached hydrogen (secondary N) is 1. The number of nitro groups is 1. The molecule has 0 spiro atoms. The fourth-order valence-corrected chi connectivity index (χ4v) is 2.62. The zero-order valence-corrected chi connectivity index (χ0v) is 12.2. The highest BCUT2D eigenvalue weighted by atomic mass is 32.2. The van der Waals surface area contributed by atoms with Gasteiger partial charge in [0.05, 0.1) is 10.7 Å². The molecule has 0 radical (unpaired) electrons. The third-order valence-corrected chi connectivity index (χ3v) is 4.00. The topological polar surface area (TPSA) is 72.2 Å². The molecular weight excluding hydrogens is 288 g/mol. The van der Waals surface area contributed by atoms with Crippen LogP contribution in [0.15, 0.2) is 53.4 Å². The number of amides is 1. The number of carbonyl (C=O) groups excluding carboxylic acids is 1. The second-order valence-electron chi connectivity index (χ2n) is 4.38. The van der Waals surface area contributed by atoms with Crippen LogP contribution in [0.1, 0.15) is 5.56 Å². The van der Waals surface area contributed by atoms with Gasteiger partial charge in [0.2, 0.25) is 5.91 Å². The average Bonchev–Trinajstić information content (AvgIpc) is 2.47. The maximum absolute atomic E-state index is 11.9. The summed E-state index contributed by atoms with van der Waals surface area (Å²) in [5.74, 6) is -0.0609. The molecule has 0 heterocycles. The number of carbonyl (C=O) groups is 1. The Balaban J connectivity index is 2.00. The fourth-order valence-electron chi connectivity index (χ4n) is 1.79. The van der Waals surface area contributed by atoms with Crippen molar-refractivity contribution in [1.29, 1.82) is 0 Å².